The SMILES string of the molecule is NCC(C(=O)O)c1ccc2c(c1)CCCCC2. The molecule has 1 atom stereocenters. The Morgan fingerprint density at radius 1 is 1.24 bits per heavy atom. The van der Waals surface area contributed by atoms with E-state index in [0.717, 1.165) is 18.4 Å². The molecule has 1 aromatic carbocycles. The molecule has 3 heteroatoms. The Bertz CT molecular complexity index is 415. The molecule has 92 valence electrons. The maximum Gasteiger partial charge on any atom is 0.312 e. The zero-order valence-electron chi connectivity index (χ0n) is 9.98. The van der Waals surface area contributed by atoms with Crippen LogP contribution in [0.2, 0.25) is 0 Å². The van der Waals surface area contributed by atoms with Crippen molar-refractivity contribution in [1.29, 1.82) is 0 Å². The molecule has 2 rings (SSSR count). The summed E-state index contributed by atoms with van der Waals surface area (Å²) in [5.74, 6) is -1.40. The highest BCUT2D eigenvalue weighted by Gasteiger charge is 2.19. The molecule has 17 heavy (non-hydrogen) atoms. The van der Waals surface area contributed by atoms with Crippen molar-refractivity contribution in [2.24, 2.45) is 5.73 Å². The summed E-state index contributed by atoms with van der Waals surface area (Å²) in [6.07, 6.45) is 5.90. The molecule has 3 nitrogen and oxygen atoms in total. The molecule has 1 aliphatic rings. The molecule has 0 aromatic heterocycles. The Balaban J connectivity index is 2.31. The van der Waals surface area contributed by atoms with E-state index in [2.05, 4.69) is 6.07 Å². The minimum Gasteiger partial charge on any atom is -0.481 e. The van der Waals surface area contributed by atoms with Gasteiger partial charge in [-0.25, -0.2) is 0 Å². The molecule has 0 spiro atoms. The lowest BCUT2D eigenvalue weighted by atomic mass is 9.93. The van der Waals surface area contributed by atoms with Crippen molar-refractivity contribution in [2.75, 3.05) is 6.54 Å². The number of aryl methyl sites for hydroxylation is 2. The second kappa shape index (κ2) is 5.32. The fraction of sp³-hybridized carbons (Fsp3) is 0.500. The summed E-state index contributed by atoms with van der Waals surface area (Å²) in [6.45, 7) is 0.161. The summed E-state index contributed by atoms with van der Waals surface area (Å²) in [4.78, 5) is 11.1. The summed E-state index contributed by atoms with van der Waals surface area (Å²) in [5, 5.41) is 9.11. The average Bonchev–Trinajstić information content (AvgIpc) is 2.54. The van der Waals surface area contributed by atoms with Crippen LogP contribution >= 0.6 is 0 Å². The molecule has 0 aliphatic heterocycles. The maximum absolute atomic E-state index is 11.1. The summed E-state index contributed by atoms with van der Waals surface area (Å²) in [7, 11) is 0. The van der Waals surface area contributed by atoms with Crippen LogP contribution in [0.4, 0.5) is 0 Å². The summed E-state index contributed by atoms with van der Waals surface area (Å²) in [5.41, 5.74) is 9.08. The molecule has 0 fully saturated rings. The first-order chi connectivity index (χ1) is 8.22. The Labute approximate surface area is 102 Å². The van der Waals surface area contributed by atoms with Crippen LogP contribution in [0.25, 0.3) is 0 Å². The second-order valence-electron chi connectivity index (χ2n) is 4.72. The van der Waals surface area contributed by atoms with Gasteiger partial charge in [0.05, 0.1) is 5.92 Å². The normalized spacial score (nSPS) is 17.0. The maximum atomic E-state index is 11.1. The third-order valence-corrected chi connectivity index (χ3v) is 3.56. The van der Waals surface area contributed by atoms with E-state index in [-0.39, 0.29) is 6.54 Å². The Kier molecular flexibility index (Phi) is 3.79. The van der Waals surface area contributed by atoms with Gasteiger partial charge in [0.1, 0.15) is 0 Å². The van der Waals surface area contributed by atoms with Crippen LogP contribution in [0.3, 0.4) is 0 Å². The van der Waals surface area contributed by atoms with Crippen molar-refractivity contribution >= 4 is 5.97 Å². The van der Waals surface area contributed by atoms with E-state index in [1.54, 1.807) is 0 Å². The van der Waals surface area contributed by atoms with Crippen molar-refractivity contribution in [3.05, 3.63) is 34.9 Å². The van der Waals surface area contributed by atoms with Crippen LogP contribution in [0.5, 0.6) is 0 Å². The molecule has 3 N–H and O–H groups in total. The molecular weight excluding hydrogens is 214 g/mol. The zero-order valence-corrected chi connectivity index (χ0v) is 9.98. The molecule has 0 radical (unpaired) electrons. The van der Waals surface area contributed by atoms with E-state index >= 15 is 0 Å². The van der Waals surface area contributed by atoms with E-state index in [9.17, 15) is 4.79 Å². The van der Waals surface area contributed by atoms with E-state index in [4.69, 9.17) is 10.8 Å². The van der Waals surface area contributed by atoms with Crippen LogP contribution in [-0.2, 0) is 17.6 Å². The smallest absolute Gasteiger partial charge is 0.312 e. The van der Waals surface area contributed by atoms with E-state index < -0.39 is 11.9 Å². The molecule has 1 aliphatic carbocycles. The Morgan fingerprint density at radius 2 is 1.94 bits per heavy atom. The molecule has 0 saturated heterocycles. The standard InChI is InChI=1S/C14H19NO2/c15-9-13(14(16)17)12-7-6-10-4-2-1-3-5-11(10)8-12/h6-8,13H,1-5,9,15H2,(H,16,17). The minimum atomic E-state index is -0.832. The predicted octanol–water partition coefficient (Wildman–Crippen LogP) is 2.08. The summed E-state index contributed by atoms with van der Waals surface area (Å²) >= 11 is 0. The fourth-order valence-electron chi connectivity index (χ4n) is 2.53. The van der Waals surface area contributed by atoms with Crippen LogP contribution in [-0.4, -0.2) is 17.6 Å². The van der Waals surface area contributed by atoms with Gasteiger partial charge in [0, 0.05) is 6.54 Å². The van der Waals surface area contributed by atoms with Crippen LogP contribution < -0.4 is 5.73 Å². The van der Waals surface area contributed by atoms with Crippen LogP contribution in [0.15, 0.2) is 18.2 Å². The molecule has 0 heterocycles. The van der Waals surface area contributed by atoms with Gasteiger partial charge in [-0.3, -0.25) is 4.79 Å². The Morgan fingerprint density at radius 3 is 2.59 bits per heavy atom. The lowest BCUT2D eigenvalue weighted by Gasteiger charge is -2.13. The summed E-state index contributed by atoms with van der Waals surface area (Å²) < 4.78 is 0. The highest BCUT2D eigenvalue weighted by Crippen LogP contribution is 2.25. The molecule has 1 aromatic rings. The number of hydrogen-bond acceptors (Lipinski definition) is 2. The highest BCUT2D eigenvalue weighted by molar-refractivity contribution is 5.76. The van der Waals surface area contributed by atoms with Gasteiger partial charge in [-0.1, -0.05) is 24.6 Å². The average molecular weight is 233 g/mol. The lowest BCUT2D eigenvalue weighted by molar-refractivity contribution is -0.138. The Hall–Kier alpha value is -1.35. The van der Waals surface area contributed by atoms with Gasteiger partial charge in [-0.15, -0.1) is 0 Å². The highest BCUT2D eigenvalue weighted by atomic mass is 16.4. The van der Waals surface area contributed by atoms with Crippen molar-refractivity contribution in [3.8, 4) is 0 Å². The van der Waals surface area contributed by atoms with Gasteiger partial charge >= 0.3 is 5.97 Å². The molecule has 0 amide bonds. The third kappa shape index (κ3) is 2.67. The van der Waals surface area contributed by atoms with Gasteiger partial charge in [0.15, 0.2) is 0 Å². The monoisotopic (exact) mass is 233 g/mol. The minimum absolute atomic E-state index is 0.161. The number of carboxylic acid groups (broad SMARTS) is 1. The van der Waals surface area contributed by atoms with Gasteiger partial charge < -0.3 is 10.8 Å². The molecular formula is C14H19NO2. The molecule has 0 saturated carbocycles. The van der Waals surface area contributed by atoms with E-state index in [1.165, 1.54) is 30.4 Å². The first-order valence-electron chi connectivity index (χ1n) is 6.27. The second-order valence-corrected chi connectivity index (χ2v) is 4.72. The van der Waals surface area contributed by atoms with E-state index in [1.807, 2.05) is 12.1 Å². The van der Waals surface area contributed by atoms with Crippen molar-refractivity contribution in [3.63, 3.8) is 0 Å². The molecule has 1 unspecified atom stereocenters. The number of aliphatic carboxylic acids is 1. The van der Waals surface area contributed by atoms with Crippen molar-refractivity contribution in [1.82, 2.24) is 0 Å². The van der Waals surface area contributed by atoms with E-state index in [0.29, 0.717) is 0 Å². The van der Waals surface area contributed by atoms with Crippen LogP contribution in [0, 0.1) is 0 Å². The van der Waals surface area contributed by atoms with Crippen molar-refractivity contribution < 1.29 is 9.90 Å². The predicted molar refractivity (Wildman–Crippen MR) is 67.1 cm³/mol. The first kappa shape index (κ1) is 12.1. The van der Waals surface area contributed by atoms with Gasteiger partial charge in [-0.2, -0.15) is 0 Å². The first-order valence-corrected chi connectivity index (χ1v) is 6.27. The van der Waals surface area contributed by atoms with Crippen molar-refractivity contribution in [2.45, 2.75) is 38.0 Å². The fourth-order valence-corrected chi connectivity index (χ4v) is 2.53. The quantitative estimate of drug-likeness (QED) is 0.786. The topological polar surface area (TPSA) is 63.3 Å². The van der Waals surface area contributed by atoms with Crippen LogP contribution in [0.1, 0.15) is 41.9 Å². The van der Waals surface area contributed by atoms with Gasteiger partial charge in [0.2, 0.25) is 0 Å². The number of hydrogen-bond donors (Lipinski definition) is 2. The number of rotatable bonds is 3. The largest absolute Gasteiger partial charge is 0.481 e. The number of carbonyl (C=O) groups is 1. The number of nitrogens with two attached hydrogens (primary N) is 1. The molecule has 0 bridgehead atoms. The van der Waals surface area contributed by atoms with Gasteiger partial charge in [-0.05, 0) is 42.4 Å². The number of benzene rings is 1. The number of fused-ring (bicyclic) bond motifs is 1. The van der Waals surface area contributed by atoms with Gasteiger partial charge in [0.25, 0.3) is 0 Å². The third-order valence-electron chi connectivity index (χ3n) is 3.56. The number of carboxylic acids is 1. The lowest BCUT2D eigenvalue weighted by Crippen LogP contribution is -2.21. The zero-order chi connectivity index (χ0) is 12.3. The summed E-state index contributed by atoms with van der Waals surface area (Å²) in [6, 6.07) is 6.06.